The molecule has 3 aliphatic rings. The Morgan fingerprint density at radius 1 is 1.30 bits per heavy atom. The Morgan fingerprint density at radius 3 is 2.81 bits per heavy atom. The van der Waals surface area contributed by atoms with Crippen molar-refractivity contribution in [1.82, 2.24) is 0 Å². The van der Waals surface area contributed by atoms with Crippen molar-refractivity contribution < 1.29 is 19.2 Å². The Labute approximate surface area is 227 Å². The van der Waals surface area contributed by atoms with Crippen LogP contribution in [-0.2, 0) is 23.2 Å². The lowest BCUT2D eigenvalue weighted by atomic mass is 9.69. The minimum absolute atomic E-state index is 0.207. The Kier molecular flexibility index (Phi) is 7.24. The summed E-state index contributed by atoms with van der Waals surface area (Å²) in [7, 11) is 0. The van der Waals surface area contributed by atoms with Gasteiger partial charge in [-0.2, -0.15) is 0 Å². The number of nitrogens with zero attached hydrogens (tertiary/aromatic N) is 2. The highest BCUT2D eigenvalue weighted by Crippen LogP contribution is 2.46. The van der Waals surface area contributed by atoms with E-state index in [1.165, 1.54) is 11.1 Å². The standard InChI is InChI=1S/C29H35ClN2O4S/c1-28(2,3)37(35)31-15-21-6-7-22(21)16-32-17-29(12-4-5-19-13-23(30)9-10-24(19)29)18-36-26-11-8-20(27(33)34)14-25(26)32/h8-11,13-15,21-22H,4-7,12,16-18H2,1-3H3,(H,33,34)/b31-15+/t21-,22-,29?,37+/m0/s1. The van der Waals surface area contributed by atoms with Gasteiger partial charge in [-0.1, -0.05) is 22.1 Å². The lowest BCUT2D eigenvalue weighted by molar-refractivity contribution is 0.0697. The van der Waals surface area contributed by atoms with Crippen molar-refractivity contribution in [2.24, 2.45) is 16.2 Å². The van der Waals surface area contributed by atoms with Gasteiger partial charge in [-0.25, -0.2) is 4.79 Å². The van der Waals surface area contributed by atoms with E-state index in [1.807, 2.05) is 33.1 Å². The van der Waals surface area contributed by atoms with Gasteiger partial charge in [0.25, 0.3) is 0 Å². The summed E-state index contributed by atoms with van der Waals surface area (Å²) in [4.78, 5) is 14.2. The second-order valence-corrected chi connectivity index (χ2v) is 14.1. The van der Waals surface area contributed by atoms with E-state index in [4.69, 9.17) is 16.3 Å². The van der Waals surface area contributed by atoms with Gasteiger partial charge in [0.2, 0.25) is 0 Å². The first-order chi connectivity index (χ1) is 17.6. The van der Waals surface area contributed by atoms with E-state index in [0.717, 1.165) is 61.7 Å². The third kappa shape index (κ3) is 5.36. The summed E-state index contributed by atoms with van der Waals surface area (Å²) in [6.45, 7) is 7.84. The maximum atomic E-state index is 12.5. The monoisotopic (exact) mass is 542 g/mol. The summed E-state index contributed by atoms with van der Waals surface area (Å²) in [6, 6.07) is 11.4. The first-order valence-electron chi connectivity index (χ1n) is 13.1. The number of halogens is 1. The molecule has 4 atom stereocenters. The average Bonchev–Trinajstić information content (AvgIpc) is 2.98. The van der Waals surface area contributed by atoms with Gasteiger partial charge < -0.3 is 19.3 Å². The van der Waals surface area contributed by atoms with Crippen LogP contribution in [-0.4, -0.2) is 46.3 Å². The summed E-state index contributed by atoms with van der Waals surface area (Å²) in [6.07, 6.45) is 7.03. The molecule has 0 aromatic heterocycles. The number of benzene rings is 2. The van der Waals surface area contributed by atoms with Crippen LogP contribution >= 0.6 is 11.6 Å². The zero-order chi connectivity index (χ0) is 26.4. The molecule has 1 unspecified atom stereocenters. The van der Waals surface area contributed by atoms with Crippen molar-refractivity contribution in [2.75, 3.05) is 24.6 Å². The van der Waals surface area contributed by atoms with Crippen LogP contribution in [0, 0.1) is 11.8 Å². The van der Waals surface area contributed by atoms with E-state index in [0.29, 0.717) is 12.5 Å². The number of carbonyl (C=O) groups is 1. The molecule has 0 bridgehead atoms. The molecule has 5 rings (SSSR count). The molecule has 6 nitrogen and oxygen atoms in total. The number of aromatic carboxylic acids is 1. The normalized spacial score (nSPS) is 26.1. The molecule has 1 spiro atoms. The number of rotatable bonds is 5. The van der Waals surface area contributed by atoms with Crippen LogP contribution in [0.1, 0.15) is 67.9 Å². The topological polar surface area (TPSA) is 85.2 Å². The number of ether oxygens (including phenoxy) is 1. The molecular weight excluding hydrogens is 508 g/mol. The van der Waals surface area contributed by atoms with Gasteiger partial charge in [0.05, 0.1) is 24.1 Å². The fourth-order valence-electron chi connectivity index (χ4n) is 5.84. The van der Waals surface area contributed by atoms with E-state index in [-0.39, 0.29) is 21.6 Å². The summed E-state index contributed by atoms with van der Waals surface area (Å²) < 4.78 is 22.9. The van der Waals surface area contributed by atoms with Crippen LogP contribution in [0.15, 0.2) is 40.8 Å². The van der Waals surface area contributed by atoms with Gasteiger partial charge >= 0.3 is 5.97 Å². The summed E-state index contributed by atoms with van der Waals surface area (Å²) in [5, 5.41) is 10.4. The van der Waals surface area contributed by atoms with Crippen LogP contribution in [0.5, 0.6) is 5.75 Å². The van der Waals surface area contributed by atoms with Crippen LogP contribution in [0.2, 0.25) is 5.02 Å². The summed E-state index contributed by atoms with van der Waals surface area (Å²) in [5.74, 6) is 0.388. The first-order valence-corrected chi connectivity index (χ1v) is 14.5. The number of carboxylic acids is 1. The molecule has 37 heavy (non-hydrogen) atoms. The Balaban J connectivity index is 1.47. The molecule has 1 heterocycles. The maximum absolute atomic E-state index is 12.5. The maximum Gasteiger partial charge on any atom is 0.335 e. The number of hydrogen-bond acceptors (Lipinski definition) is 5. The Hall–Kier alpha value is -2.22. The minimum Gasteiger partial charge on any atom is -0.591 e. The van der Waals surface area contributed by atoms with Crippen LogP contribution in [0.25, 0.3) is 0 Å². The van der Waals surface area contributed by atoms with E-state index in [2.05, 4.69) is 21.4 Å². The number of aryl methyl sites for hydroxylation is 1. The number of carboxylic acid groups (broad SMARTS) is 1. The Morgan fingerprint density at radius 2 is 2.11 bits per heavy atom. The molecule has 2 aromatic carbocycles. The second-order valence-electron chi connectivity index (χ2n) is 11.7. The molecule has 0 saturated heterocycles. The van der Waals surface area contributed by atoms with Crippen LogP contribution < -0.4 is 9.64 Å². The molecule has 0 amide bonds. The van der Waals surface area contributed by atoms with Crippen molar-refractivity contribution in [1.29, 1.82) is 0 Å². The molecule has 1 fully saturated rings. The van der Waals surface area contributed by atoms with Crippen molar-refractivity contribution in [3.05, 3.63) is 58.1 Å². The van der Waals surface area contributed by atoms with Gasteiger partial charge in [-0.15, -0.1) is 0 Å². The van der Waals surface area contributed by atoms with E-state index in [9.17, 15) is 14.5 Å². The highest BCUT2D eigenvalue weighted by Gasteiger charge is 2.43. The fourth-order valence-corrected chi connectivity index (χ4v) is 6.62. The highest BCUT2D eigenvalue weighted by atomic mass is 35.5. The lowest BCUT2D eigenvalue weighted by Crippen LogP contribution is -2.48. The Bertz CT molecular complexity index is 1210. The van der Waals surface area contributed by atoms with Gasteiger partial charge in [0.1, 0.15) is 21.9 Å². The predicted octanol–water partition coefficient (Wildman–Crippen LogP) is 6.07. The van der Waals surface area contributed by atoms with Crippen molar-refractivity contribution in [3.8, 4) is 5.75 Å². The SMILES string of the molecule is CC(C)(C)[S@@+]([O-])/N=C/[C@@H]1CC[C@H]1CN1CC2(CCCc3cc(Cl)ccc32)COc2ccc(C(=O)O)cc21. The smallest absolute Gasteiger partial charge is 0.335 e. The number of anilines is 1. The minimum atomic E-state index is -1.27. The zero-order valence-electron chi connectivity index (χ0n) is 21.7. The van der Waals surface area contributed by atoms with E-state index in [1.54, 1.807) is 18.2 Å². The highest BCUT2D eigenvalue weighted by molar-refractivity contribution is 7.91. The second kappa shape index (κ2) is 10.2. The van der Waals surface area contributed by atoms with Gasteiger partial charge in [0, 0.05) is 29.4 Å². The van der Waals surface area contributed by atoms with Gasteiger partial charge in [0.15, 0.2) is 0 Å². The van der Waals surface area contributed by atoms with E-state index >= 15 is 0 Å². The van der Waals surface area contributed by atoms with Gasteiger partial charge in [-0.05, 0) is 100 Å². The molecule has 8 heteroatoms. The zero-order valence-corrected chi connectivity index (χ0v) is 23.3. The molecule has 0 radical (unpaired) electrons. The van der Waals surface area contributed by atoms with Crippen LogP contribution in [0.4, 0.5) is 5.69 Å². The number of hydrogen-bond donors (Lipinski definition) is 1. The third-order valence-corrected chi connectivity index (χ3v) is 9.68. The van der Waals surface area contributed by atoms with Crippen molar-refractivity contribution in [2.45, 2.75) is 63.0 Å². The fraction of sp³-hybridized carbons (Fsp3) is 0.517. The first kappa shape index (κ1) is 26.4. The quantitative estimate of drug-likeness (QED) is 0.366. The van der Waals surface area contributed by atoms with Crippen molar-refractivity contribution >= 4 is 40.8 Å². The molecule has 1 saturated carbocycles. The van der Waals surface area contributed by atoms with E-state index < -0.39 is 17.3 Å². The van der Waals surface area contributed by atoms with Crippen molar-refractivity contribution in [3.63, 3.8) is 0 Å². The molecule has 2 aromatic rings. The lowest BCUT2D eigenvalue weighted by Gasteiger charge is -2.43. The summed E-state index contributed by atoms with van der Waals surface area (Å²) >= 11 is 5.07. The summed E-state index contributed by atoms with van der Waals surface area (Å²) in [5.41, 5.74) is 3.44. The predicted molar refractivity (Wildman–Crippen MR) is 150 cm³/mol. The average molecular weight is 543 g/mol. The number of fused-ring (bicyclic) bond motifs is 3. The molecule has 2 aliphatic carbocycles. The molecule has 1 aliphatic heterocycles. The molecule has 198 valence electrons. The molecule has 1 N–H and O–H groups in total. The van der Waals surface area contributed by atoms with Gasteiger partial charge in [-0.3, -0.25) is 0 Å². The largest absolute Gasteiger partial charge is 0.591 e. The molecular formula is C29H35ClN2O4S. The third-order valence-electron chi connectivity index (χ3n) is 8.09. The van der Waals surface area contributed by atoms with Crippen LogP contribution in [0.3, 0.4) is 0 Å².